The van der Waals surface area contributed by atoms with E-state index in [1.165, 1.54) is 33.5 Å². The molecule has 0 bridgehead atoms. The molecular weight excluding hydrogens is 396 g/mol. The Bertz CT molecular complexity index is 884. The molecule has 0 atom stereocenters. The van der Waals surface area contributed by atoms with E-state index in [0.29, 0.717) is 17.3 Å². The van der Waals surface area contributed by atoms with Gasteiger partial charge in [-0.25, -0.2) is 0 Å². The number of aryl methyl sites for hydroxylation is 2. The van der Waals surface area contributed by atoms with Crippen LogP contribution in [0.1, 0.15) is 27.4 Å². The van der Waals surface area contributed by atoms with Crippen molar-refractivity contribution in [1.29, 1.82) is 0 Å². The first kappa shape index (κ1) is 22.7. The van der Waals surface area contributed by atoms with E-state index in [9.17, 15) is 14.4 Å². The Morgan fingerprint density at radius 3 is 2.13 bits per heavy atom. The van der Waals surface area contributed by atoms with Gasteiger partial charge in [-0.3, -0.25) is 14.4 Å². The molecule has 10 heteroatoms. The second kappa shape index (κ2) is 10.3. The molecule has 0 saturated heterocycles. The molecule has 10 nitrogen and oxygen atoms in total. The minimum absolute atomic E-state index is 0.198. The number of carbonyl (C=O) groups excluding carboxylic acids is 3. The first-order valence-corrected chi connectivity index (χ1v) is 8.96. The van der Waals surface area contributed by atoms with Crippen molar-refractivity contribution in [1.82, 2.24) is 10.1 Å². The van der Waals surface area contributed by atoms with Crippen molar-refractivity contribution in [3.05, 3.63) is 40.8 Å². The molecule has 0 aliphatic rings. The Labute approximate surface area is 173 Å². The molecule has 0 spiro atoms. The van der Waals surface area contributed by atoms with Crippen molar-refractivity contribution >= 4 is 17.8 Å². The molecule has 0 aliphatic carbocycles. The molecule has 30 heavy (non-hydrogen) atoms. The predicted molar refractivity (Wildman–Crippen MR) is 103 cm³/mol. The average molecular weight is 420 g/mol. The largest absolute Gasteiger partial charge is 0.493 e. The summed E-state index contributed by atoms with van der Waals surface area (Å²) in [6, 6.07) is 4.54. The molecule has 2 rings (SSSR count). The number of amides is 1. The van der Waals surface area contributed by atoms with Gasteiger partial charge in [0, 0.05) is 5.56 Å². The second-order valence-electron chi connectivity index (χ2n) is 6.27. The van der Waals surface area contributed by atoms with Gasteiger partial charge in [-0.05, 0) is 32.0 Å². The van der Waals surface area contributed by atoms with Crippen LogP contribution >= 0.6 is 0 Å². The highest BCUT2D eigenvalue weighted by Gasteiger charge is 2.23. The second-order valence-corrected chi connectivity index (χ2v) is 6.27. The van der Waals surface area contributed by atoms with Gasteiger partial charge in [0.05, 0.1) is 32.6 Å². The zero-order chi connectivity index (χ0) is 22.3. The zero-order valence-electron chi connectivity index (χ0n) is 17.5. The van der Waals surface area contributed by atoms with Crippen LogP contribution in [0, 0.1) is 13.8 Å². The summed E-state index contributed by atoms with van der Waals surface area (Å²) in [5.74, 6) is -0.539. The lowest BCUT2D eigenvalue weighted by Crippen LogP contribution is -2.40. The van der Waals surface area contributed by atoms with Crippen molar-refractivity contribution < 1.29 is 37.9 Å². The maximum Gasteiger partial charge on any atom is 0.325 e. The van der Waals surface area contributed by atoms with E-state index in [1.807, 2.05) is 6.92 Å². The minimum atomic E-state index is -0.668. The quantitative estimate of drug-likeness (QED) is 0.558. The maximum atomic E-state index is 12.9. The van der Waals surface area contributed by atoms with Gasteiger partial charge in [-0.1, -0.05) is 5.16 Å². The molecule has 162 valence electrons. The molecule has 0 fully saturated rings. The van der Waals surface area contributed by atoms with Crippen molar-refractivity contribution in [2.24, 2.45) is 0 Å². The molecule has 0 radical (unpaired) electrons. The lowest BCUT2D eigenvalue weighted by atomic mass is 10.1. The number of hydrogen-bond acceptors (Lipinski definition) is 9. The summed E-state index contributed by atoms with van der Waals surface area (Å²) in [6.07, 6.45) is 0. The number of nitrogens with zero attached hydrogens (tertiary/aromatic N) is 2. The standard InChI is InChI=1S/C20H24N2O8/c1-12-15(13(2)30-21-12)11-29-16-7-6-14(8-17(16)26-3)20(25)22(9-18(23)27-4)10-19(24)28-5/h6-8H,9-11H2,1-5H3. The van der Waals surface area contributed by atoms with Gasteiger partial charge in [0.1, 0.15) is 25.5 Å². The highest BCUT2D eigenvalue weighted by molar-refractivity contribution is 5.98. The molecule has 0 N–H and O–H groups in total. The Morgan fingerprint density at radius 2 is 1.63 bits per heavy atom. The van der Waals surface area contributed by atoms with Crippen LogP contribution < -0.4 is 9.47 Å². The van der Waals surface area contributed by atoms with Crippen LogP contribution in [0.5, 0.6) is 11.5 Å². The van der Waals surface area contributed by atoms with Crippen LogP contribution in [0.15, 0.2) is 22.7 Å². The number of carbonyl (C=O) groups is 3. The molecule has 2 aromatic rings. The van der Waals surface area contributed by atoms with Crippen LogP contribution in [-0.4, -0.2) is 62.3 Å². The maximum absolute atomic E-state index is 12.9. The zero-order valence-corrected chi connectivity index (χ0v) is 17.5. The first-order valence-electron chi connectivity index (χ1n) is 8.96. The van der Waals surface area contributed by atoms with Gasteiger partial charge in [0.15, 0.2) is 11.5 Å². The molecule has 0 aliphatic heterocycles. The number of aromatic nitrogens is 1. The molecular formula is C20H24N2O8. The van der Waals surface area contributed by atoms with E-state index in [-0.39, 0.29) is 12.2 Å². The first-order chi connectivity index (χ1) is 14.3. The summed E-state index contributed by atoms with van der Waals surface area (Å²) in [6.45, 7) is 3.00. The van der Waals surface area contributed by atoms with Gasteiger partial charge in [-0.2, -0.15) is 0 Å². The summed E-state index contributed by atoms with van der Waals surface area (Å²) in [5.41, 5.74) is 1.74. The number of benzene rings is 1. The normalized spacial score (nSPS) is 10.3. The summed E-state index contributed by atoms with van der Waals surface area (Å²) in [7, 11) is 3.82. The summed E-state index contributed by atoms with van der Waals surface area (Å²) in [4.78, 5) is 37.1. The Morgan fingerprint density at radius 1 is 1.00 bits per heavy atom. The summed E-state index contributed by atoms with van der Waals surface area (Å²) in [5, 5.41) is 3.88. The van der Waals surface area contributed by atoms with Crippen molar-refractivity contribution in [3.8, 4) is 11.5 Å². The molecule has 0 saturated carbocycles. The van der Waals surface area contributed by atoms with E-state index in [1.54, 1.807) is 13.0 Å². The number of hydrogen-bond donors (Lipinski definition) is 0. The lowest BCUT2D eigenvalue weighted by Gasteiger charge is -2.21. The van der Waals surface area contributed by atoms with Gasteiger partial charge >= 0.3 is 11.9 Å². The van der Waals surface area contributed by atoms with Gasteiger partial charge in [0.25, 0.3) is 5.91 Å². The van der Waals surface area contributed by atoms with Crippen LogP contribution in [0.25, 0.3) is 0 Å². The van der Waals surface area contributed by atoms with Crippen LogP contribution in [-0.2, 0) is 25.7 Å². The van der Waals surface area contributed by atoms with Gasteiger partial charge in [-0.15, -0.1) is 0 Å². The topological polar surface area (TPSA) is 117 Å². The monoisotopic (exact) mass is 420 g/mol. The SMILES string of the molecule is COC(=O)CN(CC(=O)OC)C(=O)c1ccc(OCc2c(C)noc2C)c(OC)c1. The summed E-state index contributed by atoms with van der Waals surface area (Å²) >= 11 is 0. The fourth-order valence-electron chi connectivity index (χ4n) is 2.60. The van der Waals surface area contributed by atoms with E-state index in [0.717, 1.165) is 16.2 Å². The fraction of sp³-hybridized carbons (Fsp3) is 0.400. The number of esters is 2. The third-order valence-electron chi connectivity index (χ3n) is 4.35. The van der Waals surface area contributed by atoms with E-state index in [4.69, 9.17) is 14.0 Å². The molecule has 0 unspecified atom stereocenters. The highest BCUT2D eigenvalue weighted by atomic mass is 16.5. The Balaban J connectivity index is 2.22. The Kier molecular flexibility index (Phi) is 7.79. The number of ether oxygens (including phenoxy) is 4. The average Bonchev–Trinajstić information content (AvgIpc) is 3.07. The van der Waals surface area contributed by atoms with Crippen molar-refractivity contribution in [3.63, 3.8) is 0 Å². The third kappa shape index (κ3) is 5.49. The highest BCUT2D eigenvalue weighted by Crippen LogP contribution is 2.30. The smallest absolute Gasteiger partial charge is 0.325 e. The predicted octanol–water partition coefficient (Wildman–Crippen LogP) is 1.67. The van der Waals surface area contributed by atoms with E-state index < -0.39 is 30.9 Å². The summed E-state index contributed by atoms with van der Waals surface area (Å²) < 4.78 is 25.4. The molecule has 1 aromatic carbocycles. The van der Waals surface area contributed by atoms with Crippen LogP contribution in [0.2, 0.25) is 0 Å². The van der Waals surface area contributed by atoms with Crippen LogP contribution in [0.3, 0.4) is 0 Å². The minimum Gasteiger partial charge on any atom is -0.493 e. The fourth-order valence-corrected chi connectivity index (χ4v) is 2.60. The number of methoxy groups -OCH3 is 3. The lowest BCUT2D eigenvalue weighted by molar-refractivity contribution is -0.144. The van der Waals surface area contributed by atoms with E-state index in [2.05, 4.69) is 14.6 Å². The van der Waals surface area contributed by atoms with Crippen molar-refractivity contribution in [2.75, 3.05) is 34.4 Å². The number of rotatable bonds is 9. The van der Waals surface area contributed by atoms with Crippen molar-refractivity contribution in [2.45, 2.75) is 20.5 Å². The molecule has 1 heterocycles. The van der Waals surface area contributed by atoms with Gasteiger partial charge < -0.3 is 28.4 Å². The van der Waals surface area contributed by atoms with Crippen LogP contribution in [0.4, 0.5) is 0 Å². The Hall–Kier alpha value is -3.56. The molecule has 1 amide bonds. The van der Waals surface area contributed by atoms with Gasteiger partial charge in [0.2, 0.25) is 0 Å². The third-order valence-corrected chi connectivity index (χ3v) is 4.35. The van der Waals surface area contributed by atoms with E-state index >= 15 is 0 Å². The molecule has 1 aromatic heterocycles.